The van der Waals surface area contributed by atoms with Gasteiger partial charge in [-0.25, -0.2) is 0 Å². The summed E-state index contributed by atoms with van der Waals surface area (Å²) in [5.41, 5.74) is 5.94. The molecule has 1 aliphatic heterocycles. The molecule has 2 bridgehead atoms. The van der Waals surface area contributed by atoms with E-state index in [1.165, 1.54) is 22.3 Å². The molecule has 0 spiro atoms. The summed E-state index contributed by atoms with van der Waals surface area (Å²) >= 11 is 0. The number of rotatable bonds is 3. The molecule has 4 aliphatic rings. The Labute approximate surface area is 167 Å². The van der Waals surface area contributed by atoms with Crippen molar-refractivity contribution in [2.45, 2.75) is 31.1 Å². The molecular weight excluding hydrogens is 356 g/mol. The summed E-state index contributed by atoms with van der Waals surface area (Å²) in [6.45, 7) is 2.66. The van der Waals surface area contributed by atoms with Crippen LogP contribution in [0.3, 0.4) is 0 Å². The Kier molecular flexibility index (Phi) is 5.25. The molecule has 1 heterocycles. The lowest BCUT2D eigenvalue weighted by Gasteiger charge is -2.45. The van der Waals surface area contributed by atoms with Gasteiger partial charge in [0, 0.05) is 24.9 Å². The maximum absolute atomic E-state index is 12.6. The number of piperidine rings is 1. The molecule has 0 saturated carbocycles. The van der Waals surface area contributed by atoms with E-state index in [2.05, 4.69) is 59.2 Å². The Bertz CT molecular complexity index is 783. The fraction of sp³-hybridized carbons (Fsp3) is 0.435. The molecule has 6 rings (SSSR count). The van der Waals surface area contributed by atoms with Gasteiger partial charge < -0.3 is 10.6 Å². The summed E-state index contributed by atoms with van der Waals surface area (Å²) in [6.07, 6.45) is 3.26. The van der Waals surface area contributed by atoms with Gasteiger partial charge in [0.15, 0.2) is 0 Å². The predicted octanol–water partition coefficient (Wildman–Crippen LogP) is 3.82. The second-order valence-corrected chi connectivity index (χ2v) is 8.07. The van der Waals surface area contributed by atoms with E-state index in [9.17, 15) is 4.79 Å². The summed E-state index contributed by atoms with van der Waals surface area (Å²) < 4.78 is 0. The van der Waals surface area contributed by atoms with E-state index in [1.54, 1.807) is 0 Å². The van der Waals surface area contributed by atoms with Crippen molar-refractivity contribution in [2.75, 3.05) is 19.6 Å². The Hall–Kier alpha value is -1.84. The van der Waals surface area contributed by atoms with Crippen molar-refractivity contribution in [1.29, 1.82) is 0 Å². The summed E-state index contributed by atoms with van der Waals surface area (Å²) in [6, 6.07) is 17.8. The van der Waals surface area contributed by atoms with Crippen molar-refractivity contribution in [3.63, 3.8) is 0 Å². The van der Waals surface area contributed by atoms with E-state index in [4.69, 9.17) is 0 Å². The van der Waals surface area contributed by atoms with Crippen molar-refractivity contribution in [1.82, 2.24) is 10.6 Å². The van der Waals surface area contributed by atoms with E-state index in [-0.39, 0.29) is 24.2 Å². The van der Waals surface area contributed by atoms with E-state index in [0.29, 0.717) is 17.8 Å². The summed E-state index contributed by atoms with van der Waals surface area (Å²) in [5.74, 6) is 1.76. The first kappa shape index (κ1) is 18.5. The zero-order valence-electron chi connectivity index (χ0n) is 15.5. The fourth-order valence-corrected chi connectivity index (χ4v) is 5.41. The van der Waals surface area contributed by atoms with Gasteiger partial charge in [0.25, 0.3) is 0 Å². The molecule has 0 aromatic heterocycles. The molecule has 3 nitrogen and oxygen atoms in total. The Morgan fingerprint density at radius 2 is 1.63 bits per heavy atom. The van der Waals surface area contributed by atoms with Crippen LogP contribution in [0.1, 0.15) is 53.4 Å². The lowest BCUT2D eigenvalue weighted by atomic mass is 9.59. The third-order valence-corrected chi connectivity index (χ3v) is 6.63. The number of carbonyl (C=O) groups is 1. The van der Waals surface area contributed by atoms with Gasteiger partial charge in [0.1, 0.15) is 0 Å². The molecule has 27 heavy (non-hydrogen) atoms. The highest BCUT2D eigenvalue weighted by Gasteiger charge is 2.43. The largest absolute Gasteiger partial charge is 0.356 e. The summed E-state index contributed by atoms with van der Waals surface area (Å²) in [7, 11) is 0. The van der Waals surface area contributed by atoms with Crippen molar-refractivity contribution >= 4 is 18.3 Å². The number of hydrogen-bond donors (Lipinski definition) is 2. The lowest BCUT2D eigenvalue weighted by molar-refractivity contribution is -0.125. The molecule has 1 amide bonds. The van der Waals surface area contributed by atoms with Crippen LogP contribution in [0.15, 0.2) is 48.5 Å². The SMILES string of the molecule is Cl.O=C(NCC1CC2c3ccccc3C1c1ccccc12)C1CCCNC1. The molecule has 4 heteroatoms. The Morgan fingerprint density at radius 1 is 1.00 bits per heavy atom. The molecule has 1 fully saturated rings. The molecule has 142 valence electrons. The van der Waals surface area contributed by atoms with Gasteiger partial charge in [0.2, 0.25) is 5.91 Å². The van der Waals surface area contributed by atoms with Gasteiger partial charge in [0.05, 0.1) is 5.92 Å². The van der Waals surface area contributed by atoms with Crippen LogP contribution in [0, 0.1) is 11.8 Å². The number of amides is 1. The average Bonchev–Trinajstić information content (AvgIpc) is 2.73. The highest BCUT2D eigenvalue weighted by atomic mass is 35.5. The third kappa shape index (κ3) is 3.17. The van der Waals surface area contributed by atoms with Gasteiger partial charge in [-0.2, -0.15) is 0 Å². The highest BCUT2D eigenvalue weighted by molar-refractivity contribution is 5.85. The first-order valence-electron chi connectivity index (χ1n) is 9.99. The van der Waals surface area contributed by atoms with Crippen LogP contribution in [0.5, 0.6) is 0 Å². The minimum Gasteiger partial charge on any atom is -0.356 e. The number of nitrogens with one attached hydrogen (secondary N) is 2. The monoisotopic (exact) mass is 382 g/mol. The predicted molar refractivity (Wildman–Crippen MR) is 111 cm³/mol. The smallest absolute Gasteiger partial charge is 0.224 e. The molecule has 3 aliphatic carbocycles. The molecular formula is C23H27ClN2O. The Morgan fingerprint density at radius 3 is 2.22 bits per heavy atom. The normalized spacial score (nSPS) is 27.9. The molecule has 1 saturated heterocycles. The van der Waals surface area contributed by atoms with Gasteiger partial charge >= 0.3 is 0 Å². The summed E-state index contributed by atoms with van der Waals surface area (Å²) in [5, 5.41) is 6.64. The van der Waals surface area contributed by atoms with Crippen LogP contribution in [-0.4, -0.2) is 25.5 Å². The number of benzene rings is 2. The van der Waals surface area contributed by atoms with E-state index < -0.39 is 0 Å². The van der Waals surface area contributed by atoms with Crippen LogP contribution >= 0.6 is 12.4 Å². The zero-order valence-corrected chi connectivity index (χ0v) is 16.3. The van der Waals surface area contributed by atoms with Gasteiger partial charge in [-0.3, -0.25) is 4.79 Å². The molecule has 2 aromatic rings. The van der Waals surface area contributed by atoms with Crippen LogP contribution in [0.25, 0.3) is 0 Å². The molecule has 0 radical (unpaired) electrons. The van der Waals surface area contributed by atoms with Crippen LogP contribution < -0.4 is 10.6 Å². The number of fused-ring (bicyclic) bond motifs is 1. The molecule has 2 N–H and O–H groups in total. The quantitative estimate of drug-likeness (QED) is 0.847. The minimum atomic E-state index is 0. The molecule has 2 atom stereocenters. The first-order valence-corrected chi connectivity index (χ1v) is 9.99. The Balaban J connectivity index is 0.00000180. The highest BCUT2D eigenvalue weighted by Crippen LogP contribution is 2.55. The average molecular weight is 383 g/mol. The number of carbonyl (C=O) groups excluding carboxylic acids is 1. The fourth-order valence-electron chi connectivity index (χ4n) is 5.41. The van der Waals surface area contributed by atoms with Gasteiger partial charge in [-0.1, -0.05) is 48.5 Å². The second kappa shape index (κ2) is 7.65. The molecule has 2 aromatic carbocycles. The molecule has 2 unspecified atom stereocenters. The topological polar surface area (TPSA) is 41.1 Å². The standard InChI is InChI=1S/C23H26N2O.ClH/c26-23(15-6-5-11-24-13-15)25-14-16-12-21-17-7-1-3-9-19(17)22(16)20-10-4-2-8-18(20)21;/h1-4,7-10,15-16,21-22,24H,5-6,11-14H2,(H,25,26);1H. The van der Waals surface area contributed by atoms with Crippen LogP contribution in [0.2, 0.25) is 0 Å². The van der Waals surface area contributed by atoms with E-state index in [1.807, 2.05) is 0 Å². The maximum Gasteiger partial charge on any atom is 0.224 e. The van der Waals surface area contributed by atoms with E-state index in [0.717, 1.165) is 38.9 Å². The second-order valence-electron chi connectivity index (χ2n) is 8.07. The van der Waals surface area contributed by atoms with Crippen LogP contribution in [-0.2, 0) is 4.79 Å². The third-order valence-electron chi connectivity index (χ3n) is 6.63. The van der Waals surface area contributed by atoms with Crippen molar-refractivity contribution < 1.29 is 4.79 Å². The van der Waals surface area contributed by atoms with Crippen molar-refractivity contribution in [3.05, 3.63) is 70.8 Å². The maximum atomic E-state index is 12.6. The minimum absolute atomic E-state index is 0. The lowest BCUT2D eigenvalue weighted by Crippen LogP contribution is -2.44. The van der Waals surface area contributed by atoms with Crippen LogP contribution in [0.4, 0.5) is 0 Å². The van der Waals surface area contributed by atoms with Gasteiger partial charge in [-0.15, -0.1) is 12.4 Å². The van der Waals surface area contributed by atoms with Crippen molar-refractivity contribution in [3.8, 4) is 0 Å². The van der Waals surface area contributed by atoms with E-state index >= 15 is 0 Å². The number of halogens is 1. The zero-order chi connectivity index (χ0) is 17.5. The van der Waals surface area contributed by atoms with Crippen molar-refractivity contribution in [2.24, 2.45) is 11.8 Å². The number of hydrogen-bond acceptors (Lipinski definition) is 2. The van der Waals surface area contributed by atoms with Gasteiger partial charge in [-0.05, 0) is 54.0 Å². The first-order chi connectivity index (χ1) is 12.8. The summed E-state index contributed by atoms with van der Waals surface area (Å²) in [4.78, 5) is 12.6.